The van der Waals surface area contributed by atoms with E-state index in [0.29, 0.717) is 38.3 Å². The fourth-order valence-corrected chi connectivity index (χ4v) is 0.962. The Bertz CT molecular complexity index is 269. The van der Waals surface area contributed by atoms with Gasteiger partial charge in [0.25, 0.3) is 0 Å². The van der Waals surface area contributed by atoms with Gasteiger partial charge in [0, 0.05) is 13.7 Å². The molecule has 1 aromatic heterocycles. The van der Waals surface area contributed by atoms with E-state index in [0.717, 1.165) is 0 Å². The average Bonchev–Trinajstić information content (AvgIpc) is 2.71. The minimum absolute atomic E-state index is 0.221. The quantitative estimate of drug-likeness (QED) is 0.533. The van der Waals surface area contributed by atoms with Crippen molar-refractivity contribution in [3.63, 3.8) is 0 Å². The molecule has 86 valence electrons. The van der Waals surface area contributed by atoms with Gasteiger partial charge in [0.1, 0.15) is 5.88 Å². The maximum absolute atomic E-state index is 5.50. The maximum atomic E-state index is 5.50. The van der Waals surface area contributed by atoms with Crippen LogP contribution >= 0.6 is 11.6 Å². The number of nitrogens with zero attached hydrogens (tertiary/aromatic N) is 2. The third-order valence-corrected chi connectivity index (χ3v) is 1.76. The lowest BCUT2D eigenvalue weighted by atomic mass is 10.6. The number of ether oxygens (including phenoxy) is 2. The molecular weight excluding hydrogens is 222 g/mol. The molecule has 1 heterocycles. The molecule has 6 nitrogen and oxygen atoms in total. The fourth-order valence-electron chi connectivity index (χ4n) is 0.853. The van der Waals surface area contributed by atoms with Gasteiger partial charge in [-0.2, -0.15) is 0 Å². The molecule has 0 amide bonds. The highest BCUT2D eigenvalue weighted by atomic mass is 35.5. The predicted octanol–water partition coefficient (Wildman–Crippen LogP) is 0.883. The van der Waals surface area contributed by atoms with Crippen LogP contribution in [0.1, 0.15) is 5.89 Å². The van der Waals surface area contributed by atoms with E-state index in [1.165, 1.54) is 0 Å². The highest BCUT2D eigenvalue weighted by Crippen LogP contribution is 2.06. The van der Waals surface area contributed by atoms with Crippen LogP contribution in [0, 0.1) is 0 Å². The molecule has 15 heavy (non-hydrogen) atoms. The minimum Gasteiger partial charge on any atom is -0.407 e. The van der Waals surface area contributed by atoms with Crippen LogP contribution in [0.2, 0.25) is 0 Å². The number of methoxy groups -OCH3 is 1. The van der Waals surface area contributed by atoms with Gasteiger partial charge in [-0.25, -0.2) is 0 Å². The molecule has 7 heteroatoms. The monoisotopic (exact) mass is 235 g/mol. The first-order chi connectivity index (χ1) is 7.36. The molecule has 1 aromatic rings. The normalized spacial score (nSPS) is 10.5. The molecule has 0 unspecified atom stereocenters. The summed E-state index contributed by atoms with van der Waals surface area (Å²) in [5.74, 6) is 0.624. The van der Waals surface area contributed by atoms with Gasteiger partial charge in [-0.1, -0.05) is 5.10 Å². The second-order valence-corrected chi connectivity index (χ2v) is 2.93. The lowest BCUT2D eigenvalue weighted by Crippen LogP contribution is -2.12. The van der Waals surface area contributed by atoms with Crippen molar-refractivity contribution in [3.05, 3.63) is 5.89 Å². The number of aromatic nitrogens is 2. The zero-order valence-electron chi connectivity index (χ0n) is 8.53. The van der Waals surface area contributed by atoms with Crippen LogP contribution in [-0.4, -0.2) is 43.7 Å². The molecule has 0 bridgehead atoms. The van der Waals surface area contributed by atoms with Crippen LogP contribution < -0.4 is 5.32 Å². The van der Waals surface area contributed by atoms with E-state index in [2.05, 4.69) is 15.5 Å². The Labute approximate surface area is 92.9 Å². The van der Waals surface area contributed by atoms with Crippen molar-refractivity contribution in [3.8, 4) is 0 Å². The summed E-state index contributed by atoms with van der Waals surface area (Å²) in [6.45, 7) is 2.33. The third-order valence-electron chi connectivity index (χ3n) is 1.54. The van der Waals surface area contributed by atoms with Crippen molar-refractivity contribution in [1.29, 1.82) is 0 Å². The highest BCUT2D eigenvalue weighted by molar-refractivity contribution is 6.16. The number of hydrogen-bond acceptors (Lipinski definition) is 6. The number of alkyl halides is 1. The number of hydrogen-bond donors (Lipinski definition) is 1. The zero-order valence-corrected chi connectivity index (χ0v) is 9.29. The lowest BCUT2D eigenvalue weighted by Gasteiger charge is -2.02. The van der Waals surface area contributed by atoms with Crippen LogP contribution in [0.25, 0.3) is 0 Å². The van der Waals surface area contributed by atoms with Gasteiger partial charge in [0.05, 0.1) is 19.8 Å². The Morgan fingerprint density at radius 2 is 2.20 bits per heavy atom. The van der Waals surface area contributed by atoms with E-state index in [1.54, 1.807) is 7.11 Å². The first kappa shape index (κ1) is 12.2. The van der Waals surface area contributed by atoms with Gasteiger partial charge in [-0.3, -0.25) is 0 Å². The van der Waals surface area contributed by atoms with Crippen molar-refractivity contribution in [2.45, 2.75) is 5.88 Å². The topological polar surface area (TPSA) is 69.4 Å². The molecule has 0 fully saturated rings. The summed E-state index contributed by atoms with van der Waals surface area (Å²) in [5, 5.41) is 10.3. The predicted molar refractivity (Wildman–Crippen MR) is 55.0 cm³/mol. The molecule has 0 saturated carbocycles. The molecule has 0 radical (unpaired) electrons. The summed E-state index contributed by atoms with van der Waals surface area (Å²) in [7, 11) is 1.63. The Balaban J connectivity index is 2.04. The molecule has 1 N–H and O–H groups in total. The molecule has 0 aliphatic rings. The van der Waals surface area contributed by atoms with E-state index < -0.39 is 0 Å². The van der Waals surface area contributed by atoms with Crippen molar-refractivity contribution in [1.82, 2.24) is 10.2 Å². The number of anilines is 1. The Morgan fingerprint density at radius 3 is 2.87 bits per heavy atom. The van der Waals surface area contributed by atoms with Crippen LogP contribution in [0.15, 0.2) is 4.42 Å². The van der Waals surface area contributed by atoms with Gasteiger partial charge < -0.3 is 19.2 Å². The van der Waals surface area contributed by atoms with E-state index in [-0.39, 0.29) is 5.88 Å². The zero-order chi connectivity index (χ0) is 10.9. The van der Waals surface area contributed by atoms with Crippen LogP contribution in [-0.2, 0) is 15.4 Å². The second-order valence-electron chi connectivity index (χ2n) is 2.67. The molecule has 0 aliphatic heterocycles. The highest BCUT2D eigenvalue weighted by Gasteiger charge is 2.02. The molecule has 0 aromatic carbocycles. The van der Waals surface area contributed by atoms with Gasteiger partial charge in [-0.05, 0) is 0 Å². The van der Waals surface area contributed by atoms with Crippen molar-refractivity contribution < 1.29 is 13.9 Å². The van der Waals surface area contributed by atoms with Crippen molar-refractivity contribution in [2.75, 3.05) is 38.8 Å². The third kappa shape index (κ3) is 4.96. The summed E-state index contributed by atoms with van der Waals surface area (Å²) >= 11 is 5.50. The minimum atomic E-state index is 0.221. The Morgan fingerprint density at radius 1 is 1.33 bits per heavy atom. The molecule has 0 saturated heterocycles. The first-order valence-corrected chi connectivity index (χ1v) is 5.09. The summed E-state index contributed by atoms with van der Waals surface area (Å²) in [5.41, 5.74) is 0. The smallest absolute Gasteiger partial charge is 0.315 e. The van der Waals surface area contributed by atoms with Gasteiger partial charge >= 0.3 is 6.01 Å². The summed E-state index contributed by atoms with van der Waals surface area (Å²) in [6, 6.07) is 0.362. The number of halogens is 1. The number of rotatable bonds is 8. The molecular formula is C8H14ClN3O3. The van der Waals surface area contributed by atoms with E-state index in [4.69, 9.17) is 25.5 Å². The van der Waals surface area contributed by atoms with Gasteiger partial charge in [-0.15, -0.1) is 16.7 Å². The summed E-state index contributed by atoms with van der Waals surface area (Å²) in [4.78, 5) is 0. The van der Waals surface area contributed by atoms with E-state index in [1.807, 2.05) is 0 Å². The molecule has 0 spiro atoms. The second kappa shape index (κ2) is 7.44. The molecule has 1 rings (SSSR count). The molecule has 0 atom stereocenters. The molecule has 0 aliphatic carbocycles. The lowest BCUT2D eigenvalue weighted by molar-refractivity contribution is 0.0757. The van der Waals surface area contributed by atoms with E-state index >= 15 is 0 Å². The summed E-state index contributed by atoms with van der Waals surface area (Å²) in [6.07, 6.45) is 0. The van der Waals surface area contributed by atoms with Crippen LogP contribution in [0.4, 0.5) is 6.01 Å². The van der Waals surface area contributed by atoms with Crippen molar-refractivity contribution in [2.24, 2.45) is 0 Å². The van der Waals surface area contributed by atoms with Gasteiger partial charge in [0.2, 0.25) is 5.89 Å². The fraction of sp³-hybridized carbons (Fsp3) is 0.750. The summed E-state index contributed by atoms with van der Waals surface area (Å²) < 4.78 is 15.2. The van der Waals surface area contributed by atoms with Crippen LogP contribution in [0.3, 0.4) is 0 Å². The SMILES string of the molecule is COCCOCCNc1nnc(CCl)o1. The van der Waals surface area contributed by atoms with Crippen LogP contribution in [0.5, 0.6) is 0 Å². The van der Waals surface area contributed by atoms with Crippen molar-refractivity contribution >= 4 is 17.6 Å². The first-order valence-electron chi connectivity index (χ1n) is 4.55. The largest absolute Gasteiger partial charge is 0.407 e. The standard InChI is InChI=1S/C8H14ClN3O3/c1-13-4-5-14-3-2-10-8-12-11-7(6-9)15-8/h2-6H2,1H3,(H,10,12). The van der Waals surface area contributed by atoms with Gasteiger partial charge in [0.15, 0.2) is 0 Å². The van der Waals surface area contributed by atoms with E-state index in [9.17, 15) is 0 Å². The maximum Gasteiger partial charge on any atom is 0.315 e. The Kier molecular flexibility index (Phi) is 6.06. The Hall–Kier alpha value is -0.850. The average molecular weight is 236 g/mol. The number of nitrogens with one attached hydrogen (secondary N) is 1.